The number of carbonyl (C=O) groups excluding carboxylic acids is 1. The number of anilines is 1. The van der Waals surface area contributed by atoms with E-state index in [0.29, 0.717) is 36.2 Å². The maximum Gasteiger partial charge on any atom is 0.238 e. The van der Waals surface area contributed by atoms with E-state index in [9.17, 15) is 9.18 Å². The maximum atomic E-state index is 14.1. The van der Waals surface area contributed by atoms with Crippen molar-refractivity contribution < 1.29 is 18.7 Å². The number of nitrogens with zero attached hydrogens (tertiary/aromatic N) is 1. The molecule has 1 atom stereocenters. The third-order valence-corrected chi connectivity index (χ3v) is 5.31. The summed E-state index contributed by atoms with van der Waals surface area (Å²) in [6, 6.07) is 10.9. The zero-order chi connectivity index (χ0) is 20.4. The van der Waals surface area contributed by atoms with Crippen LogP contribution in [0.25, 0.3) is 0 Å². The van der Waals surface area contributed by atoms with Crippen LogP contribution in [0, 0.1) is 5.82 Å². The van der Waals surface area contributed by atoms with Gasteiger partial charge in [-0.15, -0.1) is 0 Å². The van der Waals surface area contributed by atoms with Gasteiger partial charge in [-0.3, -0.25) is 9.69 Å². The Morgan fingerprint density at radius 2 is 2.10 bits per heavy atom. The van der Waals surface area contributed by atoms with Crippen molar-refractivity contribution in [2.24, 2.45) is 0 Å². The van der Waals surface area contributed by atoms with Gasteiger partial charge < -0.3 is 14.8 Å². The van der Waals surface area contributed by atoms with Gasteiger partial charge in [-0.25, -0.2) is 4.39 Å². The number of nitrogens with one attached hydrogen (secondary N) is 1. The number of hydrogen-bond donors (Lipinski definition) is 1. The van der Waals surface area contributed by atoms with Gasteiger partial charge in [0.1, 0.15) is 23.4 Å². The SMILES string of the molecule is CCOc1cc2c(cc1NC(=O)CN(Cc1ccccc1F)C1CC1)OC(C)C2. The fourth-order valence-corrected chi connectivity index (χ4v) is 3.79. The number of carbonyl (C=O) groups is 1. The summed E-state index contributed by atoms with van der Waals surface area (Å²) >= 11 is 0. The second kappa shape index (κ2) is 8.41. The molecule has 2 aliphatic rings. The molecular formula is C23H27FN2O3. The van der Waals surface area contributed by atoms with Crippen molar-refractivity contribution >= 4 is 11.6 Å². The molecule has 1 heterocycles. The van der Waals surface area contributed by atoms with Gasteiger partial charge in [0.2, 0.25) is 5.91 Å². The normalized spacial score (nSPS) is 17.7. The predicted molar refractivity (Wildman–Crippen MR) is 110 cm³/mol. The molecular weight excluding hydrogens is 371 g/mol. The second-order valence-corrected chi connectivity index (χ2v) is 7.80. The van der Waals surface area contributed by atoms with Crippen LogP contribution in [0.3, 0.4) is 0 Å². The van der Waals surface area contributed by atoms with Crippen LogP contribution >= 0.6 is 0 Å². The Kier molecular flexibility index (Phi) is 5.72. The van der Waals surface area contributed by atoms with Crippen molar-refractivity contribution in [2.45, 2.75) is 51.8 Å². The van der Waals surface area contributed by atoms with Crippen LogP contribution in [0.1, 0.15) is 37.8 Å². The summed E-state index contributed by atoms with van der Waals surface area (Å²) in [5.41, 5.74) is 2.33. The van der Waals surface area contributed by atoms with Gasteiger partial charge in [0.25, 0.3) is 0 Å². The van der Waals surface area contributed by atoms with Crippen molar-refractivity contribution in [1.82, 2.24) is 4.90 Å². The Morgan fingerprint density at radius 1 is 1.31 bits per heavy atom. The van der Waals surface area contributed by atoms with Crippen LogP contribution in [0.15, 0.2) is 36.4 Å². The van der Waals surface area contributed by atoms with E-state index in [1.807, 2.05) is 36.9 Å². The highest BCUT2D eigenvalue weighted by Gasteiger charge is 2.31. The van der Waals surface area contributed by atoms with Gasteiger partial charge in [-0.1, -0.05) is 18.2 Å². The smallest absolute Gasteiger partial charge is 0.238 e. The first-order valence-electron chi connectivity index (χ1n) is 10.3. The Hall–Kier alpha value is -2.60. The molecule has 0 spiro atoms. The van der Waals surface area contributed by atoms with Crippen molar-refractivity contribution in [2.75, 3.05) is 18.5 Å². The minimum atomic E-state index is -0.234. The molecule has 0 saturated heterocycles. The zero-order valence-electron chi connectivity index (χ0n) is 16.9. The summed E-state index contributed by atoms with van der Waals surface area (Å²) in [7, 11) is 0. The van der Waals surface area contributed by atoms with E-state index < -0.39 is 0 Å². The molecule has 1 unspecified atom stereocenters. The lowest BCUT2D eigenvalue weighted by Gasteiger charge is -2.22. The van der Waals surface area contributed by atoms with E-state index in [4.69, 9.17) is 9.47 Å². The third-order valence-electron chi connectivity index (χ3n) is 5.31. The van der Waals surface area contributed by atoms with Crippen molar-refractivity contribution in [1.29, 1.82) is 0 Å². The minimum absolute atomic E-state index is 0.122. The van der Waals surface area contributed by atoms with E-state index in [1.165, 1.54) is 6.07 Å². The van der Waals surface area contributed by atoms with Gasteiger partial charge >= 0.3 is 0 Å². The minimum Gasteiger partial charge on any atom is -0.492 e. The largest absolute Gasteiger partial charge is 0.492 e. The van der Waals surface area contributed by atoms with E-state index in [1.54, 1.807) is 12.1 Å². The number of fused-ring (bicyclic) bond motifs is 1. The number of hydrogen-bond acceptors (Lipinski definition) is 4. The lowest BCUT2D eigenvalue weighted by atomic mass is 10.1. The monoisotopic (exact) mass is 398 g/mol. The fraction of sp³-hybridized carbons (Fsp3) is 0.435. The molecule has 2 aromatic rings. The van der Waals surface area contributed by atoms with Gasteiger partial charge in [-0.2, -0.15) is 0 Å². The standard InChI is InChI=1S/C23H27FN2O3/c1-3-28-22-11-17-10-15(2)29-21(17)12-20(22)25-23(27)14-26(18-8-9-18)13-16-6-4-5-7-19(16)24/h4-7,11-12,15,18H,3,8-10,13-14H2,1-2H3,(H,25,27). The van der Waals surface area contributed by atoms with E-state index >= 15 is 0 Å². The van der Waals surface area contributed by atoms with E-state index in [-0.39, 0.29) is 24.4 Å². The van der Waals surface area contributed by atoms with Crippen LogP contribution in [0.5, 0.6) is 11.5 Å². The van der Waals surface area contributed by atoms with Crippen molar-refractivity contribution in [3.8, 4) is 11.5 Å². The highest BCUT2D eigenvalue weighted by atomic mass is 19.1. The third kappa shape index (κ3) is 4.70. The number of ether oxygens (including phenoxy) is 2. The van der Waals surface area contributed by atoms with Crippen LogP contribution in [-0.2, 0) is 17.8 Å². The quantitative estimate of drug-likeness (QED) is 0.726. The molecule has 2 aromatic carbocycles. The second-order valence-electron chi connectivity index (χ2n) is 7.80. The van der Waals surface area contributed by atoms with Gasteiger partial charge in [0, 0.05) is 36.2 Å². The molecule has 1 N–H and O–H groups in total. The fourth-order valence-electron chi connectivity index (χ4n) is 3.79. The summed E-state index contributed by atoms with van der Waals surface area (Å²) < 4.78 is 25.6. The average Bonchev–Trinajstić information content (AvgIpc) is 3.46. The molecule has 29 heavy (non-hydrogen) atoms. The van der Waals surface area contributed by atoms with Crippen LogP contribution < -0.4 is 14.8 Å². The molecule has 1 aliphatic carbocycles. The summed E-state index contributed by atoms with van der Waals surface area (Å²) in [5, 5.41) is 2.97. The molecule has 1 fully saturated rings. The number of benzene rings is 2. The molecule has 0 bridgehead atoms. The van der Waals surface area contributed by atoms with E-state index in [2.05, 4.69) is 5.32 Å². The first kappa shape index (κ1) is 19.7. The lowest BCUT2D eigenvalue weighted by Crippen LogP contribution is -2.34. The van der Waals surface area contributed by atoms with Crippen LogP contribution in [0.4, 0.5) is 10.1 Å². The molecule has 154 valence electrons. The lowest BCUT2D eigenvalue weighted by molar-refractivity contribution is -0.117. The molecule has 1 amide bonds. The maximum absolute atomic E-state index is 14.1. The summed E-state index contributed by atoms with van der Waals surface area (Å²) in [5.74, 6) is 1.08. The number of halogens is 1. The summed E-state index contributed by atoms with van der Waals surface area (Å²) in [4.78, 5) is 14.9. The molecule has 0 aromatic heterocycles. The molecule has 1 aliphatic heterocycles. The Balaban J connectivity index is 1.47. The van der Waals surface area contributed by atoms with Gasteiger partial charge in [0.05, 0.1) is 18.8 Å². The zero-order valence-corrected chi connectivity index (χ0v) is 16.9. The molecule has 0 radical (unpaired) electrons. The molecule has 5 nitrogen and oxygen atoms in total. The summed E-state index contributed by atoms with van der Waals surface area (Å²) in [6.07, 6.45) is 3.03. The van der Waals surface area contributed by atoms with Crippen LogP contribution in [0.2, 0.25) is 0 Å². The topological polar surface area (TPSA) is 50.8 Å². The van der Waals surface area contributed by atoms with Gasteiger partial charge in [-0.05, 0) is 38.8 Å². The van der Waals surface area contributed by atoms with Crippen LogP contribution in [-0.4, -0.2) is 36.1 Å². The molecule has 6 heteroatoms. The Morgan fingerprint density at radius 3 is 2.83 bits per heavy atom. The Labute approximate surface area is 170 Å². The summed E-state index contributed by atoms with van der Waals surface area (Å²) in [6.45, 7) is 5.09. The average molecular weight is 398 g/mol. The van der Waals surface area contributed by atoms with Crippen molar-refractivity contribution in [3.05, 3.63) is 53.3 Å². The Bertz CT molecular complexity index is 898. The first-order valence-corrected chi connectivity index (χ1v) is 10.3. The van der Waals surface area contributed by atoms with Gasteiger partial charge in [0.15, 0.2) is 0 Å². The number of rotatable bonds is 8. The highest BCUT2D eigenvalue weighted by molar-refractivity contribution is 5.94. The molecule has 4 rings (SSSR count). The molecule has 1 saturated carbocycles. The number of amides is 1. The predicted octanol–water partition coefficient (Wildman–Crippen LogP) is 4.15. The van der Waals surface area contributed by atoms with E-state index in [0.717, 1.165) is 30.6 Å². The van der Waals surface area contributed by atoms with Crippen molar-refractivity contribution in [3.63, 3.8) is 0 Å². The first-order chi connectivity index (χ1) is 14.0. The highest BCUT2D eigenvalue weighted by Crippen LogP contribution is 2.38.